The maximum absolute atomic E-state index is 8.95. The zero-order valence-electron chi connectivity index (χ0n) is 10.1. The Labute approximate surface area is 133 Å². The van der Waals surface area contributed by atoms with Gasteiger partial charge < -0.3 is 0 Å². The van der Waals surface area contributed by atoms with E-state index in [1.165, 1.54) is 13.3 Å². The van der Waals surface area contributed by atoms with Gasteiger partial charge in [-0.25, -0.2) is 0 Å². The molecule has 0 N–H and O–H groups in total. The molecule has 6 heteroatoms. The second kappa shape index (κ2) is 6.15. The van der Waals surface area contributed by atoms with Gasteiger partial charge in [-0.3, -0.25) is 0 Å². The van der Waals surface area contributed by atoms with Crippen molar-refractivity contribution in [2.75, 3.05) is 0 Å². The summed E-state index contributed by atoms with van der Waals surface area (Å²) >= 11 is 6.88. The molecule has 0 saturated heterocycles. The van der Waals surface area contributed by atoms with Crippen LogP contribution in [-0.2, 0) is 0 Å². The predicted octanol–water partition coefficient (Wildman–Crippen LogP) is 3.21. The van der Waals surface area contributed by atoms with E-state index in [-0.39, 0.29) is 5.25 Å². The van der Waals surface area contributed by atoms with Gasteiger partial charge in [0.25, 0.3) is 0 Å². The van der Waals surface area contributed by atoms with Gasteiger partial charge in [0.1, 0.15) is 5.92 Å². The number of thioether (sulfide) groups is 3. The Morgan fingerprint density at radius 1 is 1.05 bits per heavy atom. The lowest BCUT2D eigenvalue weighted by Gasteiger charge is -2.05. The Hall–Kier alpha value is -1.05. The summed E-state index contributed by atoms with van der Waals surface area (Å²) in [6.45, 7) is 0. The molecule has 0 fully saturated rings. The molecule has 2 nitrogen and oxygen atoms in total. The minimum absolute atomic E-state index is 0.0462. The van der Waals surface area contributed by atoms with Crippen LogP contribution in [0.2, 0.25) is 0 Å². The quantitative estimate of drug-likeness (QED) is 0.790. The normalized spacial score (nSPS) is 23.4. The first-order chi connectivity index (χ1) is 9.81. The lowest BCUT2D eigenvalue weighted by molar-refractivity contribution is 0.887. The third kappa shape index (κ3) is 2.70. The summed E-state index contributed by atoms with van der Waals surface area (Å²) in [4.78, 5) is 1.16. The predicted molar refractivity (Wildman–Crippen MR) is 89.9 cm³/mol. The standard InChI is InChI=1S/C14H8N2S4/c15-7-9(8-16)10-1-2-11(19-10)12-3-4-13(20-12)14-17-5-6-18-14/h1-6,9-10H/b12-11-. The van der Waals surface area contributed by atoms with Crippen LogP contribution in [0.3, 0.4) is 0 Å². The molecule has 0 amide bonds. The summed E-state index contributed by atoms with van der Waals surface area (Å²) < 4.78 is 3.80. The van der Waals surface area contributed by atoms with Gasteiger partial charge in [0.05, 0.1) is 21.6 Å². The smallest absolute Gasteiger partial charge is 0.148 e. The molecule has 98 valence electrons. The summed E-state index contributed by atoms with van der Waals surface area (Å²) in [5.41, 5.74) is 0. The Bertz CT molecular complexity index is 764. The number of nitrogens with zero attached hydrogens (tertiary/aromatic N) is 2. The van der Waals surface area contributed by atoms with Crippen molar-refractivity contribution < 1.29 is 0 Å². The Morgan fingerprint density at radius 2 is 1.75 bits per heavy atom. The first-order valence-electron chi connectivity index (χ1n) is 5.78. The van der Waals surface area contributed by atoms with Gasteiger partial charge in [-0.05, 0) is 29.0 Å². The fourth-order valence-corrected chi connectivity index (χ4v) is 6.04. The van der Waals surface area contributed by atoms with Crippen molar-refractivity contribution in [2.45, 2.75) is 5.25 Å². The van der Waals surface area contributed by atoms with Crippen molar-refractivity contribution in [3.8, 4) is 12.1 Å². The molecule has 1 aromatic rings. The number of rotatable bonds is 1. The second-order valence-electron chi connectivity index (χ2n) is 4.00. The molecule has 2 aliphatic rings. The summed E-state index contributed by atoms with van der Waals surface area (Å²) in [5.74, 6) is -0.576. The average Bonchev–Trinajstić information content (AvgIpc) is 3.20. The summed E-state index contributed by atoms with van der Waals surface area (Å²) in [7, 11) is 0. The molecule has 0 spiro atoms. The second-order valence-corrected chi connectivity index (χ2v) is 8.40. The summed E-state index contributed by atoms with van der Waals surface area (Å²) in [6, 6.07) is 8.37. The molecule has 2 aliphatic heterocycles. The third-order valence-corrected chi connectivity index (χ3v) is 7.76. The van der Waals surface area contributed by atoms with Crippen molar-refractivity contribution >= 4 is 55.8 Å². The van der Waals surface area contributed by atoms with Crippen LogP contribution in [0.15, 0.2) is 35.1 Å². The van der Waals surface area contributed by atoms with Crippen LogP contribution in [-0.4, -0.2) is 5.25 Å². The third-order valence-electron chi connectivity index (χ3n) is 2.76. The van der Waals surface area contributed by atoms with E-state index in [2.05, 4.69) is 35.1 Å². The van der Waals surface area contributed by atoms with E-state index in [0.29, 0.717) is 0 Å². The van der Waals surface area contributed by atoms with Gasteiger partial charge in [0.15, 0.2) is 0 Å². The van der Waals surface area contributed by atoms with Crippen LogP contribution in [0.5, 0.6) is 0 Å². The topological polar surface area (TPSA) is 47.6 Å². The molecule has 1 aromatic heterocycles. The molecule has 1 unspecified atom stereocenters. The first-order valence-corrected chi connectivity index (χ1v) is 9.24. The molecular weight excluding hydrogens is 324 g/mol. The van der Waals surface area contributed by atoms with E-state index in [1.807, 2.05) is 12.2 Å². The average molecular weight is 332 g/mol. The van der Waals surface area contributed by atoms with E-state index >= 15 is 0 Å². The van der Waals surface area contributed by atoms with Crippen molar-refractivity contribution in [2.24, 2.45) is 5.92 Å². The van der Waals surface area contributed by atoms with Crippen LogP contribution >= 0.6 is 46.6 Å². The van der Waals surface area contributed by atoms with Gasteiger partial charge in [-0.1, -0.05) is 29.6 Å². The number of nitriles is 2. The van der Waals surface area contributed by atoms with E-state index in [0.717, 1.165) is 4.91 Å². The molecular formula is C14H8N2S4. The molecule has 1 atom stereocenters. The van der Waals surface area contributed by atoms with Gasteiger partial charge in [0, 0.05) is 14.0 Å². The SMILES string of the molecule is N#CC(C#N)C1C=C/C(=c2\ccc(=C3SC=CS3)s2)S1. The van der Waals surface area contributed by atoms with Crippen LogP contribution in [0.25, 0.3) is 9.14 Å². The Balaban J connectivity index is 1.92. The monoisotopic (exact) mass is 332 g/mol. The molecule has 0 aliphatic carbocycles. The van der Waals surface area contributed by atoms with Gasteiger partial charge >= 0.3 is 0 Å². The fraction of sp³-hybridized carbons (Fsp3) is 0.143. The van der Waals surface area contributed by atoms with Gasteiger partial charge in [-0.2, -0.15) is 10.5 Å². The van der Waals surface area contributed by atoms with Crippen molar-refractivity contribution in [3.05, 3.63) is 44.2 Å². The van der Waals surface area contributed by atoms with Crippen molar-refractivity contribution in [1.29, 1.82) is 10.5 Å². The maximum Gasteiger partial charge on any atom is 0.148 e. The van der Waals surface area contributed by atoms with Crippen molar-refractivity contribution in [3.63, 3.8) is 0 Å². The zero-order valence-corrected chi connectivity index (χ0v) is 13.4. The number of thiophene rings is 1. The highest BCUT2D eigenvalue weighted by Crippen LogP contribution is 2.38. The lowest BCUT2D eigenvalue weighted by atomic mass is 10.1. The van der Waals surface area contributed by atoms with E-state index < -0.39 is 5.92 Å². The largest absolute Gasteiger partial charge is 0.197 e. The van der Waals surface area contributed by atoms with Crippen molar-refractivity contribution in [1.82, 2.24) is 0 Å². The Kier molecular flexibility index (Phi) is 4.28. The maximum atomic E-state index is 8.95. The highest BCUT2D eigenvalue weighted by Gasteiger charge is 2.24. The molecule has 0 bridgehead atoms. The van der Waals surface area contributed by atoms with Crippen LogP contribution in [0.1, 0.15) is 0 Å². The lowest BCUT2D eigenvalue weighted by Crippen LogP contribution is -2.08. The Morgan fingerprint density at radius 3 is 2.45 bits per heavy atom. The molecule has 20 heavy (non-hydrogen) atoms. The van der Waals surface area contributed by atoms with Gasteiger partial charge in [0.2, 0.25) is 0 Å². The molecule has 0 radical (unpaired) electrons. The minimum atomic E-state index is -0.576. The van der Waals surface area contributed by atoms with Crippen LogP contribution in [0.4, 0.5) is 0 Å². The van der Waals surface area contributed by atoms with Crippen LogP contribution in [0, 0.1) is 28.6 Å². The summed E-state index contributed by atoms with van der Waals surface area (Å²) in [6.07, 6.45) is 3.99. The summed E-state index contributed by atoms with van der Waals surface area (Å²) in [5, 5.41) is 22.0. The number of hydrogen-bond acceptors (Lipinski definition) is 6. The molecule has 3 rings (SSSR count). The van der Waals surface area contributed by atoms with E-state index in [9.17, 15) is 0 Å². The molecule has 3 heterocycles. The highest BCUT2D eigenvalue weighted by atomic mass is 32.2. The first kappa shape index (κ1) is 13.9. The fourth-order valence-electron chi connectivity index (χ4n) is 1.81. The number of hydrogen-bond donors (Lipinski definition) is 0. The molecule has 0 saturated carbocycles. The van der Waals surface area contributed by atoms with Gasteiger partial charge in [-0.15, -0.1) is 23.1 Å². The zero-order chi connectivity index (χ0) is 13.9. The van der Waals surface area contributed by atoms with E-state index in [1.54, 1.807) is 46.6 Å². The highest BCUT2D eigenvalue weighted by molar-refractivity contribution is 8.34. The van der Waals surface area contributed by atoms with Crippen LogP contribution < -0.4 is 9.06 Å². The molecule has 0 aromatic carbocycles. The minimum Gasteiger partial charge on any atom is -0.197 e. The van der Waals surface area contributed by atoms with E-state index in [4.69, 9.17) is 10.5 Å².